The van der Waals surface area contributed by atoms with Crippen molar-refractivity contribution in [3.05, 3.63) is 23.3 Å². The van der Waals surface area contributed by atoms with Crippen molar-refractivity contribution in [3.63, 3.8) is 0 Å². The van der Waals surface area contributed by atoms with Gasteiger partial charge < -0.3 is 14.3 Å². The number of nitrogens with one attached hydrogen (secondary N) is 1. The van der Waals surface area contributed by atoms with Gasteiger partial charge in [-0.3, -0.25) is 0 Å². The van der Waals surface area contributed by atoms with Gasteiger partial charge in [-0.25, -0.2) is 0 Å². The molecular formula is C12H17NO4S. The molecule has 0 aliphatic heterocycles. The molecule has 0 radical (unpaired) electrons. The van der Waals surface area contributed by atoms with Crippen molar-refractivity contribution < 1.29 is 17.3 Å². The minimum absolute atomic E-state index is 0.101. The molecule has 0 atom stereocenters. The van der Waals surface area contributed by atoms with Crippen LogP contribution >= 0.6 is 0 Å². The average Bonchev–Trinajstić information content (AvgIpc) is 2.12. The molecule has 0 aromatic heterocycles. The van der Waals surface area contributed by atoms with Crippen LogP contribution in [0.15, 0.2) is 12.1 Å². The molecule has 5 nitrogen and oxygen atoms in total. The summed E-state index contributed by atoms with van der Waals surface area (Å²) in [6, 6.07) is 3.46. The lowest BCUT2D eigenvalue weighted by atomic mass is 10.1. The maximum absolute atomic E-state index is 11.2. The van der Waals surface area contributed by atoms with Crippen LogP contribution in [-0.4, -0.2) is 27.0 Å². The molecule has 0 saturated carbocycles. The number of rotatable bonds is 5. The van der Waals surface area contributed by atoms with E-state index >= 15 is 0 Å². The van der Waals surface area contributed by atoms with Crippen molar-refractivity contribution in [1.82, 2.24) is 0 Å². The van der Waals surface area contributed by atoms with E-state index in [0.717, 1.165) is 17.4 Å². The van der Waals surface area contributed by atoms with Crippen molar-refractivity contribution in [2.75, 3.05) is 12.9 Å². The van der Waals surface area contributed by atoms with Gasteiger partial charge in [-0.15, -0.1) is 0 Å². The Hall–Kier alpha value is -1.56. The zero-order valence-corrected chi connectivity index (χ0v) is 11.7. The molecule has 6 heteroatoms. The van der Waals surface area contributed by atoms with Gasteiger partial charge in [0.2, 0.25) is 0 Å². The SMILES string of the molecule is CC(=N)COc1c(C)cc(C)cc1OS(C)(=O)=O. The molecule has 100 valence electrons. The fourth-order valence-corrected chi connectivity index (χ4v) is 1.96. The quantitative estimate of drug-likeness (QED) is 0.657. The Balaban J connectivity index is 3.16. The van der Waals surface area contributed by atoms with Crippen molar-refractivity contribution in [1.29, 1.82) is 5.41 Å². The molecule has 0 aliphatic carbocycles. The molecule has 0 fully saturated rings. The van der Waals surface area contributed by atoms with Crippen molar-refractivity contribution in [2.24, 2.45) is 0 Å². The van der Waals surface area contributed by atoms with E-state index in [4.69, 9.17) is 14.3 Å². The third kappa shape index (κ3) is 4.37. The summed E-state index contributed by atoms with van der Waals surface area (Å²) in [5.74, 6) is 0.522. The zero-order valence-electron chi connectivity index (χ0n) is 10.9. The number of aryl methyl sites for hydroxylation is 2. The van der Waals surface area contributed by atoms with Gasteiger partial charge in [-0.2, -0.15) is 8.42 Å². The van der Waals surface area contributed by atoms with Crippen LogP contribution < -0.4 is 8.92 Å². The van der Waals surface area contributed by atoms with E-state index in [-0.39, 0.29) is 12.4 Å². The second-order valence-corrected chi connectivity index (χ2v) is 5.84. The highest BCUT2D eigenvalue weighted by atomic mass is 32.2. The van der Waals surface area contributed by atoms with Gasteiger partial charge in [0.1, 0.15) is 6.61 Å². The summed E-state index contributed by atoms with van der Waals surface area (Å²) in [4.78, 5) is 0. The molecule has 0 spiro atoms. The summed E-state index contributed by atoms with van der Waals surface area (Å²) in [5, 5.41) is 7.32. The molecule has 0 bridgehead atoms. The standard InChI is InChI=1S/C12H17NO4S/c1-8-5-9(2)12(16-7-10(3)13)11(6-8)17-18(4,14)15/h5-6,13H,7H2,1-4H3. The van der Waals surface area contributed by atoms with Gasteiger partial charge >= 0.3 is 10.1 Å². The largest absolute Gasteiger partial charge is 0.483 e. The van der Waals surface area contributed by atoms with E-state index < -0.39 is 10.1 Å². The van der Waals surface area contributed by atoms with Crippen LogP contribution in [0.4, 0.5) is 0 Å². The normalized spacial score (nSPS) is 11.1. The monoisotopic (exact) mass is 271 g/mol. The van der Waals surface area contributed by atoms with Gasteiger partial charge in [0.05, 0.1) is 6.26 Å². The topological polar surface area (TPSA) is 76.5 Å². The molecule has 1 rings (SSSR count). The second-order valence-electron chi connectivity index (χ2n) is 4.27. The van der Waals surface area contributed by atoms with E-state index in [0.29, 0.717) is 11.5 Å². The van der Waals surface area contributed by atoms with Crippen molar-refractivity contribution in [2.45, 2.75) is 20.8 Å². The molecule has 1 aromatic rings. The number of benzene rings is 1. The lowest BCUT2D eigenvalue weighted by Crippen LogP contribution is -2.11. The second kappa shape index (κ2) is 5.39. The highest BCUT2D eigenvalue weighted by Gasteiger charge is 2.14. The van der Waals surface area contributed by atoms with Gasteiger partial charge in [-0.05, 0) is 38.0 Å². The molecule has 1 aromatic carbocycles. The van der Waals surface area contributed by atoms with Crippen LogP contribution in [0.1, 0.15) is 18.1 Å². The molecule has 0 amide bonds. The Labute approximate surface area is 107 Å². The third-order valence-electron chi connectivity index (χ3n) is 2.06. The first kappa shape index (κ1) is 14.5. The molecule has 0 heterocycles. The van der Waals surface area contributed by atoms with Crippen molar-refractivity contribution in [3.8, 4) is 11.5 Å². The molecule has 1 N–H and O–H groups in total. The summed E-state index contributed by atoms with van der Waals surface area (Å²) >= 11 is 0. The lowest BCUT2D eigenvalue weighted by molar-refractivity contribution is 0.356. The van der Waals surface area contributed by atoms with Crippen LogP contribution in [0.2, 0.25) is 0 Å². The summed E-state index contributed by atoms with van der Waals surface area (Å²) in [6.45, 7) is 5.36. The fraction of sp³-hybridized carbons (Fsp3) is 0.417. The highest BCUT2D eigenvalue weighted by molar-refractivity contribution is 7.86. The van der Waals surface area contributed by atoms with Gasteiger partial charge in [0, 0.05) is 5.71 Å². The predicted octanol–water partition coefficient (Wildman–Crippen LogP) is 2.06. The van der Waals surface area contributed by atoms with E-state index in [1.807, 2.05) is 13.0 Å². The fourth-order valence-electron chi connectivity index (χ4n) is 1.51. The van der Waals surface area contributed by atoms with E-state index in [9.17, 15) is 8.42 Å². The molecule has 0 saturated heterocycles. The van der Waals surface area contributed by atoms with Gasteiger partial charge in [-0.1, -0.05) is 6.07 Å². The third-order valence-corrected chi connectivity index (χ3v) is 2.54. The van der Waals surface area contributed by atoms with Crippen LogP contribution in [0.5, 0.6) is 11.5 Å². The minimum atomic E-state index is -3.61. The number of ether oxygens (including phenoxy) is 1. The minimum Gasteiger partial charge on any atom is -0.483 e. The number of hydrogen-bond donors (Lipinski definition) is 1. The Morgan fingerprint density at radius 1 is 1.33 bits per heavy atom. The summed E-state index contributed by atoms with van der Waals surface area (Å²) in [6.07, 6.45) is 0.982. The maximum Gasteiger partial charge on any atom is 0.306 e. The molecule has 0 aliphatic rings. The summed E-state index contributed by atoms with van der Waals surface area (Å²) in [7, 11) is -3.61. The van der Waals surface area contributed by atoms with Crippen molar-refractivity contribution >= 4 is 15.8 Å². The van der Waals surface area contributed by atoms with E-state index in [2.05, 4.69) is 0 Å². The average molecular weight is 271 g/mol. The highest BCUT2D eigenvalue weighted by Crippen LogP contribution is 2.33. The lowest BCUT2D eigenvalue weighted by Gasteiger charge is -2.14. The first-order valence-electron chi connectivity index (χ1n) is 5.36. The van der Waals surface area contributed by atoms with Gasteiger partial charge in [0.25, 0.3) is 0 Å². The van der Waals surface area contributed by atoms with Crippen LogP contribution in [0.3, 0.4) is 0 Å². The first-order valence-corrected chi connectivity index (χ1v) is 7.18. The van der Waals surface area contributed by atoms with Crippen LogP contribution in [0, 0.1) is 19.3 Å². The summed E-state index contributed by atoms with van der Waals surface area (Å²) < 4.78 is 32.7. The Morgan fingerprint density at radius 2 is 1.94 bits per heavy atom. The summed E-state index contributed by atoms with van der Waals surface area (Å²) in [5.41, 5.74) is 2.00. The Kier molecular flexibility index (Phi) is 4.34. The zero-order chi connectivity index (χ0) is 13.9. The van der Waals surface area contributed by atoms with Crippen LogP contribution in [-0.2, 0) is 10.1 Å². The van der Waals surface area contributed by atoms with Gasteiger partial charge in [0.15, 0.2) is 11.5 Å². The van der Waals surface area contributed by atoms with E-state index in [1.165, 1.54) is 0 Å². The predicted molar refractivity (Wildman–Crippen MR) is 70.3 cm³/mol. The van der Waals surface area contributed by atoms with Crippen LogP contribution in [0.25, 0.3) is 0 Å². The maximum atomic E-state index is 11.2. The first-order chi connectivity index (χ1) is 8.19. The Morgan fingerprint density at radius 3 is 2.44 bits per heavy atom. The Bertz CT molecular complexity index is 564. The molecule has 18 heavy (non-hydrogen) atoms. The molecular weight excluding hydrogens is 254 g/mol. The smallest absolute Gasteiger partial charge is 0.306 e. The molecule has 0 unspecified atom stereocenters. The number of hydrogen-bond acceptors (Lipinski definition) is 5. The van der Waals surface area contributed by atoms with E-state index in [1.54, 1.807) is 19.9 Å².